The lowest BCUT2D eigenvalue weighted by atomic mass is 10.1. The molecule has 1 aliphatic carbocycles. The average molecular weight is 279 g/mol. The Labute approximate surface area is 116 Å². The van der Waals surface area contributed by atoms with Crippen LogP contribution in [0.25, 0.3) is 0 Å². The fraction of sp³-hybridized carbons (Fsp3) is 0.429. The van der Waals surface area contributed by atoms with Crippen LogP contribution in [-0.2, 0) is 9.53 Å². The minimum absolute atomic E-state index is 0.225. The van der Waals surface area contributed by atoms with E-state index in [-0.39, 0.29) is 11.9 Å². The molecule has 0 saturated heterocycles. The van der Waals surface area contributed by atoms with Gasteiger partial charge < -0.3 is 10.1 Å². The van der Waals surface area contributed by atoms with Crippen LogP contribution in [0.2, 0.25) is 0 Å². The third-order valence-electron chi connectivity index (χ3n) is 2.87. The van der Waals surface area contributed by atoms with E-state index >= 15 is 0 Å². The Morgan fingerprint density at radius 1 is 1.53 bits per heavy atom. The quantitative estimate of drug-likeness (QED) is 0.664. The van der Waals surface area contributed by atoms with Gasteiger partial charge in [-0.2, -0.15) is 0 Å². The van der Waals surface area contributed by atoms with Crippen LogP contribution in [-0.4, -0.2) is 18.5 Å². The maximum absolute atomic E-state index is 12.0. The molecule has 1 aromatic rings. The van der Waals surface area contributed by atoms with Crippen molar-refractivity contribution in [3.63, 3.8) is 0 Å². The number of esters is 1. The second-order valence-corrected chi connectivity index (χ2v) is 5.26. The van der Waals surface area contributed by atoms with Crippen LogP contribution < -0.4 is 5.32 Å². The molecule has 1 amide bonds. The van der Waals surface area contributed by atoms with E-state index in [0.29, 0.717) is 23.1 Å². The Morgan fingerprint density at radius 2 is 2.26 bits per heavy atom. The summed E-state index contributed by atoms with van der Waals surface area (Å²) in [6.07, 6.45) is 5.30. The van der Waals surface area contributed by atoms with Crippen molar-refractivity contribution >= 4 is 28.2 Å². The fourth-order valence-corrected chi connectivity index (χ4v) is 2.91. The zero-order chi connectivity index (χ0) is 13.8. The maximum atomic E-state index is 12.0. The van der Waals surface area contributed by atoms with E-state index in [0.717, 1.165) is 18.4 Å². The molecule has 0 aliphatic heterocycles. The molecule has 0 aromatic carbocycles. The Balaban J connectivity index is 2.27. The molecule has 102 valence electrons. The van der Waals surface area contributed by atoms with Crippen molar-refractivity contribution in [3.05, 3.63) is 28.7 Å². The SMILES string of the molecule is C/C=C/C(=O)Nc1scc(C2CC2)c1C(=O)OCC. The van der Waals surface area contributed by atoms with Crippen LogP contribution >= 0.6 is 11.3 Å². The molecule has 0 spiro atoms. The summed E-state index contributed by atoms with van der Waals surface area (Å²) in [5.41, 5.74) is 1.55. The monoisotopic (exact) mass is 279 g/mol. The first-order chi connectivity index (χ1) is 9.17. The van der Waals surface area contributed by atoms with Gasteiger partial charge in [-0.1, -0.05) is 6.08 Å². The van der Waals surface area contributed by atoms with Crippen molar-refractivity contribution in [2.24, 2.45) is 0 Å². The van der Waals surface area contributed by atoms with Crippen LogP contribution in [0.3, 0.4) is 0 Å². The molecular weight excluding hydrogens is 262 g/mol. The molecule has 0 unspecified atom stereocenters. The number of hydrogen-bond acceptors (Lipinski definition) is 4. The number of anilines is 1. The van der Waals surface area contributed by atoms with Gasteiger partial charge in [-0.3, -0.25) is 4.79 Å². The van der Waals surface area contributed by atoms with Gasteiger partial charge in [0.15, 0.2) is 0 Å². The second-order valence-electron chi connectivity index (χ2n) is 4.38. The van der Waals surface area contributed by atoms with Gasteiger partial charge in [0.05, 0.1) is 12.2 Å². The number of amides is 1. The Morgan fingerprint density at radius 3 is 2.84 bits per heavy atom. The summed E-state index contributed by atoms with van der Waals surface area (Å²) in [5, 5.41) is 5.29. The molecule has 1 N–H and O–H groups in total. The van der Waals surface area contributed by atoms with E-state index in [9.17, 15) is 9.59 Å². The molecule has 1 fully saturated rings. The van der Waals surface area contributed by atoms with Crippen molar-refractivity contribution in [1.29, 1.82) is 0 Å². The molecule has 0 radical (unpaired) electrons. The van der Waals surface area contributed by atoms with Crippen LogP contribution in [0.5, 0.6) is 0 Å². The standard InChI is InChI=1S/C14H17NO3S/c1-3-5-11(16)15-13-12(14(17)18-4-2)10(8-19-13)9-6-7-9/h3,5,8-9H,4,6-7H2,1-2H3,(H,15,16)/b5-3+. The molecule has 1 heterocycles. The molecule has 4 nitrogen and oxygen atoms in total. The predicted molar refractivity (Wildman–Crippen MR) is 75.7 cm³/mol. The Kier molecular flexibility index (Phi) is 4.37. The topological polar surface area (TPSA) is 55.4 Å². The third-order valence-corrected chi connectivity index (χ3v) is 3.78. The Hall–Kier alpha value is -1.62. The number of hydrogen-bond donors (Lipinski definition) is 1. The summed E-state index contributed by atoms with van der Waals surface area (Å²) in [6.45, 7) is 3.88. The van der Waals surface area contributed by atoms with E-state index in [1.807, 2.05) is 5.38 Å². The summed E-state index contributed by atoms with van der Waals surface area (Å²) in [7, 11) is 0. The van der Waals surface area contributed by atoms with Gasteiger partial charge in [-0.05, 0) is 49.6 Å². The first-order valence-electron chi connectivity index (χ1n) is 6.39. The lowest BCUT2D eigenvalue weighted by Gasteiger charge is -2.06. The molecule has 1 aliphatic rings. The molecule has 0 bridgehead atoms. The highest BCUT2D eigenvalue weighted by Gasteiger charge is 2.32. The maximum Gasteiger partial charge on any atom is 0.341 e. The normalized spacial score (nSPS) is 14.6. The lowest BCUT2D eigenvalue weighted by molar-refractivity contribution is -0.111. The first kappa shape index (κ1) is 13.8. The zero-order valence-electron chi connectivity index (χ0n) is 11.1. The first-order valence-corrected chi connectivity index (χ1v) is 7.27. The Bertz CT molecular complexity index is 515. The van der Waals surface area contributed by atoms with Gasteiger partial charge in [0.1, 0.15) is 5.00 Å². The molecule has 5 heteroatoms. The third kappa shape index (κ3) is 3.23. The highest BCUT2D eigenvalue weighted by molar-refractivity contribution is 7.15. The molecule has 19 heavy (non-hydrogen) atoms. The van der Waals surface area contributed by atoms with E-state index < -0.39 is 0 Å². The predicted octanol–water partition coefficient (Wildman–Crippen LogP) is 3.32. The van der Waals surface area contributed by atoms with Crippen LogP contribution in [0, 0.1) is 0 Å². The number of ether oxygens (including phenoxy) is 1. The van der Waals surface area contributed by atoms with Crippen molar-refractivity contribution in [1.82, 2.24) is 0 Å². The van der Waals surface area contributed by atoms with Crippen molar-refractivity contribution in [3.8, 4) is 0 Å². The molecular formula is C14H17NO3S. The number of thiophene rings is 1. The summed E-state index contributed by atoms with van der Waals surface area (Å²) in [6, 6.07) is 0. The van der Waals surface area contributed by atoms with Crippen LogP contribution in [0.15, 0.2) is 17.5 Å². The summed E-state index contributed by atoms with van der Waals surface area (Å²) < 4.78 is 5.09. The van der Waals surface area contributed by atoms with Crippen LogP contribution in [0.4, 0.5) is 5.00 Å². The zero-order valence-corrected chi connectivity index (χ0v) is 11.9. The molecule has 2 rings (SSSR count). The molecule has 0 atom stereocenters. The number of carbonyl (C=O) groups is 2. The van der Waals surface area contributed by atoms with Gasteiger partial charge in [-0.25, -0.2) is 4.79 Å². The number of rotatable bonds is 5. The minimum atomic E-state index is -0.346. The van der Waals surface area contributed by atoms with E-state index in [1.54, 1.807) is 19.9 Å². The largest absolute Gasteiger partial charge is 0.462 e. The number of nitrogens with one attached hydrogen (secondary N) is 1. The second kappa shape index (κ2) is 6.02. The van der Waals surface area contributed by atoms with Gasteiger partial charge >= 0.3 is 5.97 Å². The number of allylic oxidation sites excluding steroid dienone is 1. The van der Waals surface area contributed by atoms with Crippen molar-refractivity contribution in [2.45, 2.75) is 32.6 Å². The minimum Gasteiger partial charge on any atom is -0.462 e. The highest BCUT2D eigenvalue weighted by Crippen LogP contribution is 2.46. The molecule has 1 aromatic heterocycles. The van der Waals surface area contributed by atoms with E-state index in [1.165, 1.54) is 17.4 Å². The highest BCUT2D eigenvalue weighted by atomic mass is 32.1. The molecule has 1 saturated carbocycles. The van der Waals surface area contributed by atoms with Gasteiger partial charge in [0.25, 0.3) is 0 Å². The van der Waals surface area contributed by atoms with E-state index in [4.69, 9.17) is 4.74 Å². The fourth-order valence-electron chi connectivity index (χ4n) is 1.88. The summed E-state index contributed by atoms with van der Waals surface area (Å²) >= 11 is 1.39. The smallest absolute Gasteiger partial charge is 0.341 e. The van der Waals surface area contributed by atoms with Gasteiger partial charge in [0, 0.05) is 0 Å². The van der Waals surface area contributed by atoms with Gasteiger partial charge in [-0.15, -0.1) is 11.3 Å². The van der Waals surface area contributed by atoms with Crippen molar-refractivity contribution in [2.75, 3.05) is 11.9 Å². The van der Waals surface area contributed by atoms with Crippen molar-refractivity contribution < 1.29 is 14.3 Å². The van der Waals surface area contributed by atoms with Gasteiger partial charge in [0.2, 0.25) is 5.91 Å². The number of carbonyl (C=O) groups excluding carboxylic acids is 2. The van der Waals surface area contributed by atoms with E-state index in [2.05, 4.69) is 5.32 Å². The summed E-state index contributed by atoms with van der Waals surface area (Å²) in [5.74, 6) is -0.123. The lowest BCUT2D eigenvalue weighted by Crippen LogP contribution is -2.13. The summed E-state index contributed by atoms with van der Waals surface area (Å²) in [4.78, 5) is 23.6. The van der Waals surface area contributed by atoms with Crippen LogP contribution in [0.1, 0.15) is 48.5 Å². The average Bonchev–Trinajstić information content (AvgIpc) is 3.12.